The van der Waals surface area contributed by atoms with Crippen molar-refractivity contribution in [3.8, 4) is 5.75 Å². The lowest BCUT2D eigenvalue weighted by Crippen LogP contribution is -2.12. The molecule has 0 spiro atoms. The first-order chi connectivity index (χ1) is 9.62. The third kappa shape index (κ3) is 5.16. The maximum absolute atomic E-state index is 11.3. The topological polar surface area (TPSA) is 46.5 Å². The molecule has 1 aromatic heterocycles. The molecule has 20 heavy (non-hydrogen) atoms. The summed E-state index contributed by atoms with van der Waals surface area (Å²) in [6.45, 7) is 7.07. The maximum atomic E-state index is 11.3. The zero-order chi connectivity index (χ0) is 15.0. The van der Waals surface area contributed by atoms with Crippen LogP contribution < -0.4 is 4.74 Å². The lowest BCUT2D eigenvalue weighted by Gasteiger charge is -2.15. The Balaban J connectivity index is 2.67. The van der Waals surface area contributed by atoms with Gasteiger partial charge in [-0.05, 0) is 24.8 Å². The Kier molecular flexibility index (Phi) is 7.67. The standard InChI is InChI=1S/C16H26O3S/c1-4-7-9-12(6-3)11-19-14-10-13(8-5-2)20-15(14)16(17)18/h10,12H,4-9,11H2,1-3H3,(H,17,18). The third-order valence-corrected chi connectivity index (χ3v) is 4.62. The van der Waals surface area contributed by atoms with Crippen molar-refractivity contribution in [1.82, 2.24) is 0 Å². The van der Waals surface area contributed by atoms with E-state index in [1.165, 1.54) is 24.2 Å². The van der Waals surface area contributed by atoms with E-state index in [1.807, 2.05) is 6.07 Å². The van der Waals surface area contributed by atoms with E-state index in [2.05, 4.69) is 20.8 Å². The van der Waals surface area contributed by atoms with Crippen molar-refractivity contribution in [2.45, 2.75) is 59.3 Å². The van der Waals surface area contributed by atoms with Gasteiger partial charge in [-0.2, -0.15) is 0 Å². The molecule has 1 aromatic rings. The number of carboxylic acids is 1. The molecule has 0 saturated carbocycles. The summed E-state index contributed by atoms with van der Waals surface area (Å²) in [6, 6.07) is 1.91. The second-order valence-electron chi connectivity index (χ2n) is 5.19. The number of hydrogen-bond acceptors (Lipinski definition) is 3. The molecule has 1 atom stereocenters. The van der Waals surface area contributed by atoms with Gasteiger partial charge in [-0.1, -0.05) is 46.5 Å². The summed E-state index contributed by atoms with van der Waals surface area (Å²) < 4.78 is 5.81. The van der Waals surface area contributed by atoms with Crippen LogP contribution in [0.2, 0.25) is 0 Å². The van der Waals surface area contributed by atoms with Crippen LogP contribution in [0, 0.1) is 5.92 Å². The summed E-state index contributed by atoms with van der Waals surface area (Å²) in [5, 5.41) is 9.24. The van der Waals surface area contributed by atoms with Gasteiger partial charge in [0.1, 0.15) is 5.75 Å². The highest BCUT2D eigenvalue weighted by atomic mass is 32.1. The summed E-state index contributed by atoms with van der Waals surface area (Å²) in [4.78, 5) is 12.7. The van der Waals surface area contributed by atoms with Crippen LogP contribution in [-0.4, -0.2) is 17.7 Å². The van der Waals surface area contributed by atoms with Crippen LogP contribution in [0.4, 0.5) is 0 Å². The van der Waals surface area contributed by atoms with Crippen molar-refractivity contribution in [3.05, 3.63) is 15.8 Å². The Morgan fingerprint density at radius 3 is 2.65 bits per heavy atom. The number of carboxylic acid groups (broad SMARTS) is 1. The van der Waals surface area contributed by atoms with Crippen LogP contribution in [0.5, 0.6) is 5.75 Å². The van der Waals surface area contributed by atoms with Crippen LogP contribution in [0.15, 0.2) is 6.07 Å². The van der Waals surface area contributed by atoms with E-state index < -0.39 is 5.97 Å². The molecule has 0 aliphatic heterocycles. The number of hydrogen-bond donors (Lipinski definition) is 1. The Hall–Kier alpha value is -1.03. The quantitative estimate of drug-likeness (QED) is 0.661. The molecule has 0 radical (unpaired) electrons. The normalized spacial score (nSPS) is 12.3. The van der Waals surface area contributed by atoms with Crippen molar-refractivity contribution in [2.24, 2.45) is 5.92 Å². The van der Waals surface area contributed by atoms with Crippen molar-refractivity contribution in [1.29, 1.82) is 0 Å². The lowest BCUT2D eigenvalue weighted by atomic mass is 10.0. The van der Waals surface area contributed by atoms with Crippen LogP contribution in [-0.2, 0) is 6.42 Å². The first-order valence-electron chi connectivity index (χ1n) is 7.61. The zero-order valence-electron chi connectivity index (χ0n) is 12.8. The molecular formula is C16H26O3S. The van der Waals surface area contributed by atoms with Gasteiger partial charge in [0.2, 0.25) is 0 Å². The summed E-state index contributed by atoms with van der Waals surface area (Å²) >= 11 is 1.34. The van der Waals surface area contributed by atoms with Gasteiger partial charge in [-0.3, -0.25) is 0 Å². The average molecular weight is 298 g/mol. The van der Waals surface area contributed by atoms with Gasteiger partial charge in [-0.25, -0.2) is 4.79 Å². The predicted octanol–water partition coefficient (Wildman–Crippen LogP) is 4.99. The minimum absolute atomic E-state index is 0.346. The van der Waals surface area contributed by atoms with Crippen LogP contribution in [0.25, 0.3) is 0 Å². The summed E-state index contributed by atoms with van der Waals surface area (Å²) in [5.74, 6) is 0.195. The number of ether oxygens (including phenoxy) is 1. The van der Waals surface area contributed by atoms with E-state index in [1.54, 1.807) is 0 Å². The Morgan fingerprint density at radius 2 is 2.10 bits per heavy atom. The summed E-state index contributed by atoms with van der Waals surface area (Å²) in [5.41, 5.74) is 0. The van der Waals surface area contributed by atoms with E-state index >= 15 is 0 Å². The fourth-order valence-electron chi connectivity index (χ4n) is 2.15. The second kappa shape index (κ2) is 9.01. The number of thiophene rings is 1. The van der Waals surface area contributed by atoms with Crippen molar-refractivity contribution in [2.75, 3.05) is 6.61 Å². The molecule has 1 unspecified atom stereocenters. The van der Waals surface area contributed by atoms with Crippen molar-refractivity contribution >= 4 is 17.3 Å². The molecule has 3 nitrogen and oxygen atoms in total. The molecule has 0 amide bonds. The highest BCUT2D eigenvalue weighted by Gasteiger charge is 2.17. The largest absolute Gasteiger partial charge is 0.491 e. The van der Waals surface area contributed by atoms with Crippen LogP contribution in [0.1, 0.15) is 67.4 Å². The lowest BCUT2D eigenvalue weighted by molar-refractivity contribution is 0.0697. The third-order valence-electron chi connectivity index (χ3n) is 3.46. The fourth-order valence-corrected chi connectivity index (χ4v) is 3.19. The maximum Gasteiger partial charge on any atom is 0.349 e. The molecule has 0 aromatic carbocycles. The smallest absolute Gasteiger partial charge is 0.349 e. The summed E-state index contributed by atoms with van der Waals surface area (Å²) in [6.07, 6.45) is 6.57. The molecule has 1 N–H and O–H groups in total. The van der Waals surface area contributed by atoms with E-state index in [0.29, 0.717) is 23.2 Å². The van der Waals surface area contributed by atoms with Gasteiger partial charge in [-0.15, -0.1) is 11.3 Å². The van der Waals surface area contributed by atoms with E-state index in [4.69, 9.17) is 4.74 Å². The Morgan fingerprint density at radius 1 is 1.35 bits per heavy atom. The molecule has 0 bridgehead atoms. The van der Waals surface area contributed by atoms with E-state index in [-0.39, 0.29) is 0 Å². The predicted molar refractivity (Wildman–Crippen MR) is 84.1 cm³/mol. The molecule has 114 valence electrons. The Bertz CT molecular complexity index is 412. The van der Waals surface area contributed by atoms with E-state index in [9.17, 15) is 9.90 Å². The molecular weight excluding hydrogens is 272 g/mol. The number of unbranched alkanes of at least 4 members (excludes halogenated alkanes) is 1. The van der Waals surface area contributed by atoms with Crippen LogP contribution >= 0.6 is 11.3 Å². The molecule has 0 saturated heterocycles. The van der Waals surface area contributed by atoms with Gasteiger partial charge in [0.25, 0.3) is 0 Å². The number of aromatic carboxylic acids is 1. The number of aryl methyl sites for hydroxylation is 1. The second-order valence-corrected chi connectivity index (χ2v) is 6.33. The Labute approximate surface area is 126 Å². The molecule has 0 fully saturated rings. The fraction of sp³-hybridized carbons (Fsp3) is 0.688. The number of rotatable bonds is 10. The number of carbonyl (C=O) groups is 1. The van der Waals surface area contributed by atoms with Crippen LogP contribution in [0.3, 0.4) is 0 Å². The monoisotopic (exact) mass is 298 g/mol. The van der Waals surface area contributed by atoms with Gasteiger partial charge < -0.3 is 9.84 Å². The minimum Gasteiger partial charge on any atom is -0.491 e. The molecule has 4 heteroatoms. The van der Waals surface area contributed by atoms with E-state index in [0.717, 1.165) is 30.6 Å². The molecule has 0 aliphatic carbocycles. The first-order valence-corrected chi connectivity index (χ1v) is 8.42. The highest BCUT2D eigenvalue weighted by Crippen LogP contribution is 2.31. The first kappa shape index (κ1) is 17.0. The summed E-state index contributed by atoms with van der Waals surface area (Å²) in [7, 11) is 0. The average Bonchev–Trinajstić information content (AvgIpc) is 2.83. The molecule has 0 aliphatic rings. The minimum atomic E-state index is -0.881. The SMILES string of the molecule is CCCCC(CC)COc1cc(CCC)sc1C(=O)O. The van der Waals surface area contributed by atoms with Crippen molar-refractivity contribution in [3.63, 3.8) is 0 Å². The highest BCUT2D eigenvalue weighted by molar-refractivity contribution is 7.14. The molecule has 1 heterocycles. The molecule has 1 rings (SSSR count). The van der Waals surface area contributed by atoms with Crippen molar-refractivity contribution < 1.29 is 14.6 Å². The van der Waals surface area contributed by atoms with Gasteiger partial charge in [0, 0.05) is 4.88 Å². The zero-order valence-corrected chi connectivity index (χ0v) is 13.6. The van der Waals surface area contributed by atoms with Gasteiger partial charge >= 0.3 is 5.97 Å². The van der Waals surface area contributed by atoms with Gasteiger partial charge in [0.05, 0.1) is 6.61 Å². The van der Waals surface area contributed by atoms with Gasteiger partial charge in [0.15, 0.2) is 4.88 Å².